The van der Waals surface area contributed by atoms with Crippen molar-refractivity contribution < 1.29 is 24.2 Å². The number of carboxylic acids is 1. The van der Waals surface area contributed by atoms with Crippen LogP contribution >= 0.6 is 0 Å². The largest absolute Gasteiger partial charge is 0.480 e. The van der Waals surface area contributed by atoms with Crippen LogP contribution in [0.1, 0.15) is 43.2 Å². The molecule has 3 rings (SSSR count). The van der Waals surface area contributed by atoms with Gasteiger partial charge in [-0.05, 0) is 28.7 Å². The summed E-state index contributed by atoms with van der Waals surface area (Å²) in [5, 5.41) is 11.8. The smallest absolute Gasteiger partial charge is 0.407 e. The number of ether oxygens (including phenoxy) is 1. The van der Waals surface area contributed by atoms with E-state index in [9.17, 15) is 14.4 Å². The second-order valence-electron chi connectivity index (χ2n) is 8.07. The quantitative estimate of drug-likeness (QED) is 0.501. The number of amides is 2. The summed E-state index contributed by atoms with van der Waals surface area (Å²) < 4.78 is 5.56. The first-order valence-electron chi connectivity index (χ1n) is 11.2. The van der Waals surface area contributed by atoms with E-state index in [1.54, 1.807) is 0 Å². The summed E-state index contributed by atoms with van der Waals surface area (Å²) in [6, 6.07) is 15.2. The van der Waals surface area contributed by atoms with Gasteiger partial charge in [-0.15, -0.1) is 6.58 Å². The zero-order valence-corrected chi connectivity index (χ0v) is 18.8. The van der Waals surface area contributed by atoms with Gasteiger partial charge in [0.15, 0.2) is 0 Å². The lowest BCUT2D eigenvalue weighted by atomic mass is 9.98. The minimum Gasteiger partial charge on any atom is -0.480 e. The molecule has 7 nitrogen and oxygen atoms in total. The maximum Gasteiger partial charge on any atom is 0.407 e. The SMILES string of the molecule is C=CCN(CC(=O)O)C(=O)C(CCCC)NC(=O)OCC1c2ccccc2-c2ccccc21. The third-order valence-corrected chi connectivity index (χ3v) is 5.77. The Hall–Kier alpha value is -3.61. The van der Waals surface area contributed by atoms with E-state index in [2.05, 4.69) is 24.0 Å². The number of nitrogens with zero attached hydrogens (tertiary/aromatic N) is 1. The average Bonchev–Trinajstić information content (AvgIpc) is 3.13. The van der Waals surface area contributed by atoms with Gasteiger partial charge in [0.25, 0.3) is 0 Å². The lowest BCUT2D eigenvalue weighted by molar-refractivity contribution is -0.144. The van der Waals surface area contributed by atoms with Crippen LogP contribution in [0.25, 0.3) is 11.1 Å². The van der Waals surface area contributed by atoms with Gasteiger partial charge in [0, 0.05) is 12.5 Å². The van der Waals surface area contributed by atoms with Gasteiger partial charge in [0.2, 0.25) is 5.91 Å². The Bertz CT molecular complexity index is 974. The van der Waals surface area contributed by atoms with Crippen LogP contribution in [0.15, 0.2) is 61.2 Å². The fraction of sp³-hybridized carbons (Fsp3) is 0.346. The number of rotatable bonds is 11. The van der Waals surface area contributed by atoms with Crippen LogP contribution in [0.3, 0.4) is 0 Å². The average molecular weight is 451 g/mol. The molecule has 0 saturated carbocycles. The summed E-state index contributed by atoms with van der Waals surface area (Å²) in [6.45, 7) is 5.33. The van der Waals surface area contributed by atoms with Crippen molar-refractivity contribution >= 4 is 18.0 Å². The minimum atomic E-state index is -1.12. The summed E-state index contributed by atoms with van der Waals surface area (Å²) in [6.07, 6.45) is 2.70. The number of carbonyl (C=O) groups is 3. The van der Waals surface area contributed by atoms with E-state index in [1.165, 1.54) is 11.0 Å². The molecule has 0 spiro atoms. The predicted octanol–water partition coefficient (Wildman–Crippen LogP) is 4.18. The van der Waals surface area contributed by atoms with Crippen LogP contribution in [0, 0.1) is 0 Å². The van der Waals surface area contributed by atoms with Crippen molar-refractivity contribution in [3.8, 4) is 11.1 Å². The van der Waals surface area contributed by atoms with Crippen molar-refractivity contribution in [2.24, 2.45) is 0 Å². The van der Waals surface area contributed by atoms with Gasteiger partial charge in [-0.2, -0.15) is 0 Å². The topological polar surface area (TPSA) is 95.9 Å². The van der Waals surface area contributed by atoms with E-state index in [0.717, 1.165) is 28.7 Å². The van der Waals surface area contributed by atoms with E-state index in [4.69, 9.17) is 9.84 Å². The predicted molar refractivity (Wildman–Crippen MR) is 126 cm³/mol. The zero-order valence-electron chi connectivity index (χ0n) is 18.8. The van der Waals surface area contributed by atoms with E-state index in [-0.39, 0.29) is 19.1 Å². The van der Waals surface area contributed by atoms with Gasteiger partial charge in [0.05, 0.1) is 0 Å². The number of hydrogen-bond acceptors (Lipinski definition) is 4. The van der Waals surface area contributed by atoms with Crippen LogP contribution < -0.4 is 5.32 Å². The third kappa shape index (κ3) is 5.80. The number of unbranched alkanes of at least 4 members (excludes halogenated alkanes) is 1. The van der Waals surface area contributed by atoms with Gasteiger partial charge in [-0.3, -0.25) is 9.59 Å². The molecule has 0 saturated heterocycles. The Labute approximate surface area is 194 Å². The Kier molecular flexibility index (Phi) is 8.24. The second-order valence-corrected chi connectivity index (χ2v) is 8.07. The molecule has 2 aromatic carbocycles. The summed E-state index contributed by atoms with van der Waals surface area (Å²) in [7, 11) is 0. The lowest BCUT2D eigenvalue weighted by Crippen LogP contribution is -2.50. The van der Waals surface area contributed by atoms with Crippen molar-refractivity contribution in [1.82, 2.24) is 10.2 Å². The highest BCUT2D eigenvalue weighted by Crippen LogP contribution is 2.44. The molecule has 1 aliphatic carbocycles. The number of carboxylic acid groups (broad SMARTS) is 1. The maximum atomic E-state index is 12.9. The first-order chi connectivity index (χ1) is 16.0. The molecule has 0 radical (unpaired) electrons. The summed E-state index contributed by atoms with van der Waals surface area (Å²) in [5.41, 5.74) is 4.46. The van der Waals surface area contributed by atoms with E-state index >= 15 is 0 Å². The van der Waals surface area contributed by atoms with E-state index in [1.807, 2.05) is 43.3 Å². The molecule has 0 fully saturated rings. The van der Waals surface area contributed by atoms with Crippen LogP contribution in [-0.2, 0) is 14.3 Å². The lowest BCUT2D eigenvalue weighted by Gasteiger charge is -2.26. The van der Waals surface area contributed by atoms with Crippen molar-refractivity contribution in [3.63, 3.8) is 0 Å². The van der Waals surface area contributed by atoms with Crippen molar-refractivity contribution in [2.75, 3.05) is 19.7 Å². The number of fused-ring (bicyclic) bond motifs is 3. The normalized spacial score (nSPS) is 12.9. The fourth-order valence-electron chi connectivity index (χ4n) is 4.22. The minimum absolute atomic E-state index is 0.0835. The standard InChI is InChI=1S/C26H30N2O5/c1-3-5-14-23(25(31)28(15-4-2)16-24(29)30)27-26(32)33-17-22-20-12-8-6-10-18(20)19-11-7-9-13-21(19)22/h4,6-13,22-23H,2-3,5,14-17H2,1H3,(H,27,32)(H,29,30). The van der Waals surface area contributed by atoms with Crippen molar-refractivity contribution in [1.29, 1.82) is 0 Å². The van der Waals surface area contributed by atoms with E-state index < -0.39 is 30.6 Å². The van der Waals surface area contributed by atoms with Crippen LogP contribution in [-0.4, -0.2) is 53.7 Å². The number of carbonyl (C=O) groups excluding carboxylic acids is 2. The molecule has 0 bridgehead atoms. The molecular weight excluding hydrogens is 420 g/mol. The number of benzene rings is 2. The van der Waals surface area contributed by atoms with Crippen molar-refractivity contribution in [2.45, 2.75) is 38.1 Å². The molecular formula is C26H30N2O5. The maximum absolute atomic E-state index is 12.9. The molecule has 1 unspecified atom stereocenters. The van der Waals surface area contributed by atoms with Gasteiger partial charge in [-0.25, -0.2) is 4.79 Å². The second kappa shape index (κ2) is 11.3. The Morgan fingerprint density at radius 1 is 1.12 bits per heavy atom. The Morgan fingerprint density at radius 3 is 2.27 bits per heavy atom. The van der Waals surface area contributed by atoms with E-state index in [0.29, 0.717) is 12.8 Å². The highest BCUT2D eigenvalue weighted by atomic mass is 16.5. The first-order valence-corrected chi connectivity index (χ1v) is 11.2. The first kappa shape index (κ1) is 24.0. The van der Waals surface area contributed by atoms with Crippen molar-refractivity contribution in [3.05, 3.63) is 72.3 Å². The highest BCUT2D eigenvalue weighted by Gasteiger charge is 2.30. The van der Waals surface area contributed by atoms with Crippen LogP contribution in [0.5, 0.6) is 0 Å². The van der Waals surface area contributed by atoms with Crippen LogP contribution in [0.4, 0.5) is 4.79 Å². The molecule has 0 aromatic heterocycles. The summed E-state index contributed by atoms with van der Waals surface area (Å²) in [5.74, 6) is -1.67. The summed E-state index contributed by atoms with van der Waals surface area (Å²) in [4.78, 5) is 37.9. The van der Waals surface area contributed by atoms with Gasteiger partial charge >= 0.3 is 12.1 Å². The highest BCUT2D eigenvalue weighted by molar-refractivity contribution is 5.88. The Balaban J connectivity index is 1.69. The van der Waals surface area contributed by atoms with Gasteiger partial charge < -0.3 is 20.1 Å². The number of nitrogens with one attached hydrogen (secondary N) is 1. The molecule has 2 aromatic rings. The number of aliphatic carboxylic acids is 1. The van der Waals surface area contributed by atoms with Gasteiger partial charge in [-0.1, -0.05) is 74.4 Å². The molecule has 7 heteroatoms. The Morgan fingerprint density at radius 2 is 1.73 bits per heavy atom. The molecule has 174 valence electrons. The zero-order chi connectivity index (χ0) is 23.8. The fourth-order valence-corrected chi connectivity index (χ4v) is 4.22. The molecule has 0 heterocycles. The van der Waals surface area contributed by atoms with Gasteiger partial charge in [0.1, 0.15) is 19.2 Å². The summed E-state index contributed by atoms with van der Waals surface area (Å²) >= 11 is 0. The monoisotopic (exact) mass is 450 g/mol. The number of hydrogen-bond donors (Lipinski definition) is 2. The molecule has 1 aliphatic rings. The number of alkyl carbamates (subject to hydrolysis) is 1. The molecule has 2 amide bonds. The molecule has 2 N–H and O–H groups in total. The molecule has 0 aliphatic heterocycles. The molecule has 33 heavy (non-hydrogen) atoms. The molecule has 1 atom stereocenters. The third-order valence-electron chi connectivity index (χ3n) is 5.77. The van der Waals surface area contributed by atoms with Crippen LogP contribution in [0.2, 0.25) is 0 Å².